The van der Waals surface area contributed by atoms with Crippen LogP contribution in [0, 0.1) is 0 Å². The van der Waals surface area contributed by atoms with Gasteiger partial charge in [-0.25, -0.2) is 4.99 Å². The first-order chi connectivity index (χ1) is 15.7. The summed E-state index contributed by atoms with van der Waals surface area (Å²) in [6.45, 7) is 5.96. The van der Waals surface area contributed by atoms with Crippen LogP contribution >= 0.6 is 0 Å². The Morgan fingerprint density at radius 3 is 2.41 bits per heavy atom. The summed E-state index contributed by atoms with van der Waals surface area (Å²) in [6.07, 6.45) is 1.81. The lowest BCUT2D eigenvalue weighted by Gasteiger charge is -2.09. The van der Waals surface area contributed by atoms with Gasteiger partial charge in [0.2, 0.25) is 0 Å². The quantitative estimate of drug-likeness (QED) is 0.393. The van der Waals surface area contributed by atoms with Gasteiger partial charge >= 0.3 is 6.02 Å². The number of hydrogen-bond donors (Lipinski definition) is 0. The summed E-state index contributed by atoms with van der Waals surface area (Å²) < 4.78 is 8.22. The number of ether oxygens (including phenoxy) is 1. The normalized spacial score (nSPS) is 16.6. The van der Waals surface area contributed by atoms with Gasteiger partial charge in [0, 0.05) is 34.9 Å². The van der Waals surface area contributed by atoms with Gasteiger partial charge in [0.1, 0.15) is 0 Å². The molecule has 2 heterocycles. The number of fused-ring (bicyclic) bond motifs is 3. The number of carbonyl (C=O) groups excluding carboxylic acids is 1. The van der Waals surface area contributed by atoms with Gasteiger partial charge < -0.3 is 9.30 Å². The van der Waals surface area contributed by atoms with Crippen LogP contribution < -0.4 is 0 Å². The van der Waals surface area contributed by atoms with Crippen molar-refractivity contribution in [3.63, 3.8) is 0 Å². The van der Waals surface area contributed by atoms with Crippen molar-refractivity contribution in [1.82, 2.24) is 9.47 Å². The highest BCUT2D eigenvalue weighted by atomic mass is 16.5. The summed E-state index contributed by atoms with van der Waals surface area (Å²) in [6, 6.07) is 25.0. The van der Waals surface area contributed by atoms with E-state index in [0.29, 0.717) is 24.9 Å². The van der Waals surface area contributed by atoms with Crippen molar-refractivity contribution in [2.24, 2.45) is 4.99 Å². The number of amidine groups is 1. The third kappa shape index (κ3) is 3.46. The molecular formula is C27H25N3O2. The fraction of sp³-hybridized carbons (Fsp3) is 0.185. The molecule has 1 fully saturated rings. The largest absolute Gasteiger partial charge is 0.420 e. The molecule has 0 bridgehead atoms. The Balaban J connectivity index is 1.50. The van der Waals surface area contributed by atoms with E-state index in [0.717, 1.165) is 17.7 Å². The van der Waals surface area contributed by atoms with Crippen LogP contribution in [-0.2, 0) is 22.6 Å². The van der Waals surface area contributed by atoms with Crippen LogP contribution in [0.3, 0.4) is 0 Å². The molecule has 1 aliphatic rings. The number of hydrogen-bond acceptors (Lipinski definition) is 3. The van der Waals surface area contributed by atoms with Crippen LogP contribution in [0.1, 0.15) is 25.0 Å². The molecule has 0 radical (unpaired) electrons. The summed E-state index contributed by atoms with van der Waals surface area (Å²) in [5.41, 5.74) is 4.41. The van der Waals surface area contributed by atoms with Crippen LogP contribution in [0.2, 0.25) is 0 Å². The molecule has 1 aromatic heterocycles. The van der Waals surface area contributed by atoms with E-state index < -0.39 is 0 Å². The first kappa shape index (κ1) is 20.1. The molecule has 3 aromatic carbocycles. The zero-order valence-electron chi connectivity index (χ0n) is 18.3. The van der Waals surface area contributed by atoms with Crippen molar-refractivity contribution in [3.05, 3.63) is 89.7 Å². The molecule has 32 heavy (non-hydrogen) atoms. The van der Waals surface area contributed by atoms with Gasteiger partial charge in [-0.2, -0.15) is 0 Å². The summed E-state index contributed by atoms with van der Waals surface area (Å²) in [7, 11) is 0. The van der Waals surface area contributed by atoms with Crippen molar-refractivity contribution in [2.45, 2.75) is 26.9 Å². The summed E-state index contributed by atoms with van der Waals surface area (Å²) in [5.74, 6) is 0.146. The number of carbonyl (C=O) groups is 1. The Hall–Kier alpha value is -3.86. The Bertz CT molecular complexity index is 1370. The molecule has 0 saturated carbocycles. The van der Waals surface area contributed by atoms with E-state index in [1.165, 1.54) is 21.8 Å². The van der Waals surface area contributed by atoms with Gasteiger partial charge in [-0.15, -0.1) is 0 Å². The van der Waals surface area contributed by atoms with Gasteiger partial charge in [-0.3, -0.25) is 9.69 Å². The number of rotatable bonds is 5. The molecule has 4 aromatic rings. The van der Waals surface area contributed by atoms with Crippen molar-refractivity contribution in [3.8, 4) is 0 Å². The summed E-state index contributed by atoms with van der Waals surface area (Å²) >= 11 is 0. The number of likely N-dealkylation sites (N-methyl/N-ethyl adjacent to an activating group) is 1. The number of benzene rings is 3. The lowest BCUT2D eigenvalue weighted by atomic mass is 10.1. The maximum absolute atomic E-state index is 12.9. The lowest BCUT2D eigenvalue weighted by Crippen LogP contribution is -2.29. The van der Waals surface area contributed by atoms with E-state index in [-0.39, 0.29) is 5.91 Å². The highest BCUT2D eigenvalue weighted by molar-refractivity contribution is 6.12. The van der Waals surface area contributed by atoms with E-state index in [1.54, 1.807) is 4.90 Å². The smallest absolute Gasteiger partial charge is 0.300 e. The topological polar surface area (TPSA) is 46.8 Å². The maximum Gasteiger partial charge on any atom is 0.300 e. The molecule has 160 valence electrons. The number of aliphatic imine (C=N–C) groups is 1. The Labute approximate surface area is 187 Å². The number of aryl methyl sites for hydroxylation is 1. The summed E-state index contributed by atoms with van der Waals surface area (Å²) in [4.78, 5) is 19.1. The van der Waals surface area contributed by atoms with Crippen LogP contribution in [0.5, 0.6) is 0 Å². The second-order valence-corrected chi connectivity index (χ2v) is 7.78. The van der Waals surface area contributed by atoms with E-state index >= 15 is 0 Å². The molecule has 5 nitrogen and oxygen atoms in total. The Morgan fingerprint density at radius 1 is 0.875 bits per heavy atom. The van der Waals surface area contributed by atoms with Crippen LogP contribution in [0.15, 0.2) is 83.5 Å². The van der Waals surface area contributed by atoms with Gasteiger partial charge in [-0.1, -0.05) is 54.6 Å². The third-order valence-electron chi connectivity index (χ3n) is 5.85. The lowest BCUT2D eigenvalue weighted by molar-refractivity contribution is -0.122. The number of nitrogens with zero attached hydrogens (tertiary/aromatic N) is 3. The van der Waals surface area contributed by atoms with Gasteiger partial charge in [0.15, 0.2) is 5.76 Å². The fourth-order valence-corrected chi connectivity index (χ4v) is 4.30. The molecule has 0 spiro atoms. The average Bonchev–Trinajstić information content (AvgIpc) is 3.31. The van der Waals surface area contributed by atoms with E-state index in [9.17, 15) is 4.79 Å². The van der Waals surface area contributed by atoms with Gasteiger partial charge in [-0.05, 0) is 49.2 Å². The molecule has 0 N–H and O–H groups in total. The highest BCUT2D eigenvalue weighted by Gasteiger charge is 2.33. The molecule has 5 heteroatoms. The van der Waals surface area contributed by atoms with Crippen molar-refractivity contribution in [1.29, 1.82) is 0 Å². The maximum atomic E-state index is 12.9. The standard InChI is InChI=1S/C27H25N3O2/c1-3-29-23-13-9-8-12-21(23)22-16-20(14-15-24(22)29)17-25-26(31)30(4-2)27(32-25)28-18-19-10-6-5-7-11-19/h5-17H,3-4,18H2,1-2H3/b25-17+,28-27+. The minimum absolute atomic E-state index is 0.157. The third-order valence-corrected chi connectivity index (χ3v) is 5.85. The molecule has 1 saturated heterocycles. The van der Waals surface area contributed by atoms with E-state index in [2.05, 4.69) is 52.9 Å². The van der Waals surface area contributed by atoms with E-state index in [4.69, 9.17) is 4.74 Å². The Kier molecular flexibility index (Phi) is 5.23. The number of aromatic nitrogens is 1. The first-order valence-electron chi connectivity index (χ1n) is 11.0. The minimum Gasteiger partial charge on any atom is -0.420 e. The minimum atomic E-state index is -0.157. The molecule has 0 atom stereocenters. The van der Waals surface area contributed by atoms with Crippen LogP contribution in [0.4, 0.5) is 0 Å². The predicted octanol–water partition coefficient (Wildman–Crippen LogP) is 5.59. The van der Waals surface area contributed by atoms with Crippen LogP contribution in [-0.4, -0.2) is 27.9 Å². The van der Waals surface area contributed by atoms with Crippen LogP contribution in [0.25, 0.3) is 27.9 Å². The first-order valence-corrected chi connectivity index (χ1v) is 11.0. The fourth-order valence-electron chi connectivity index (χ4n) is 4.30. The molecule has 5 rings (SSSR count). The van der Waals surface area contributed by atoms with Crippen molar-refractivity contribution < 1.29 is 9.53 Å². The molecule has 1 amide bonds. The summed E-state index contributed by atoms with van der Waals surface area (Å²) in [5, 5.41) is 2.39. The Morgan fingerprint density at radius 2 is 1.62 bits per heavy atom. The van der Waals surface area contributed by atoms with Gasteiger partial charge in [0.05, 0.1) is 6.54 Å². The predicted molar refractivity (Wildman–Crippen MR) is 129 cm³/mol. The van der Waals surface area contributed by atoms with Crippen molar-refractivity contribution in [2.75, 3.05) is 6.54 Å². The van der Waals surface area contributed by atoms with Gasteiger partial charge in [0.25, 0.3) is 5.91 Å². The average molecular weight is 424 g/mol. The molecule has 0 unspecified atom stereocenters. The number of para-hydroxylation sites is 1. The number of amides is 1. The molecular weight excluding hydrogens is 398 g/mol. The van der Waals surface area contributed by atoms with E-state index in [1.807, 2.05) is 49.4 Å². The second-order valence-electron chi connectivity index (χ2n) is 7.78. The van der Waals surface area contributed by atoms with Crippen molar-refractivity contribution >= 4 is 39.8 Å². The second kappa shape index (κ2) is 8.35. The molecule has 1 aliphatic heterocycles. The highest BCUT2D eigenvalue weighted by Crippen LogP contribution is 2.31. The zero-order valence-corrected chi connectivity index (χ0v) is 18.3. The SMILES string of the molecule is CCN1C(=O)/C(=C\c2ccc3c(c2)c2ccccc2n3CC)O/C1=N/Cc1ccccc1. The molecule has 0 aliphatic carbocycles. The monoisotopic (exact) mass is 423 g/mol. The zero-order chi connectivity index (χ0) is 22.1.